The zero-order valence-electron chi connectivity index (χ0n) is 14.9. The Kier molecular flexibility index (Phi) is 5.38. The topological polar surface area (TPSA) is 108 Å². The van der Waals surface area contributed by atoms with Gasteiger partial charge in [-0.15, -0.1) is 0 Å². The number of nitrogens with one attached hydrogen (secondary N) is 1. The second kappa shape index (κ2) is 7.73. The molecular weight excluding hydrogens is 368 g/mol. The number of nitrogens with zero attached hydrogens (tertiary/aromatic N) is 4. The van der Waals surface area contributed by atoms with Crippen LogP contribution in [0.3, 0.4) is 0 Å². The van der Waals surface area contributed by atoms with E-state index >= 15 is 0 Å². The average Bonchev–Trinajstić information content (AvgIpc) is 3.08. The smallest absolute Gasteiger partial charge is 0.284 e. The molecule has 0 aliphatic rings. The Labute approximate surface area is 160 Å². The van der Waals surface area contributed by atoms with Crippen molar-refractivity contribution in [3.05, 3.63) is 63.7 Å². The van der Waals surface area contributed by atoms with Crippen molar-refractivity contribution in [1.29, 1.82) is 0 Å². The highest BCUT2D eigenvalue weighted by molar-refractivity contribution is 6.30. The molecule has 0 aliphatic heterocycles. The second-order valence-corrected chi connectivity index (χ2v) is 6.59. The van der Waals surface area contributed by atoms with Gasteiger partial charge in [0.2, 0.25) is 0 Å². The summed E-state index contributed by atoms with van der Waals surface area (Å²) in [5, 5.41) is 11.8. The summed E-state index contributed by atoms with van der Waals surface area (Å²) >= 11 is 5.95. The largest absolute Gasteiger partial charge is 0.348 e. The predicted octanol–water partition coefficient (Wildman–Crippen LogP) is 1.36. The van der Waals surface area contributed by atoms with Crippen LogP contribution in [-0.4, -0.2) is 38.1 Å². The van der Waals surface area contributed by atoms with Crippen molar-refractivity contribution >= 4 is 17.5 Å². The molecule has 27 heavy (non-hydrogen) atoms. The van der Waals surface area contributed by atoms with Gasteiger partial charge in [-0.05, 0) is 25.1 Å². The van der Waals surface area contributed by atoms with Gasteiger partial charge in [-0.3, -0.25) is 14.3 Å². The van der Waals surface area contributed by atoms with Crippen molar-refractivity contribution in [3.63, 3.8) is 0 Å². The van der Waals surface area contributed by atoms with E-state index < -0.39 is 11.5 Å². The Morgan fingerprint density at radius 3 is 2.63 bits per heavy atom. The zero-order valence-corrected chi connectivity index (χ0v) is 15.6. The summed E-state index contributed by atoms with van der Waals surface area (Å²) in [6.07, 6.45) is 3.15. The molecule has 1 unspecified atom stereocenters. The Morgan fingerprint density at radius 2 is 2.04 bits per heavy atom. The van der Waals surface area contributed by atoms with Gasteiger partial charge < -0.3 is 11.1 Å². The number of carbonyl (C=O) groups excluding carboxylic acids is 1. The molecule has 0 bridgehead atoms. The van der Waals surface area contributed by atoms with Gasteiger partial charge in [-0.25, -0.2) is 0 Å². The summed E-state index contributed by atoms with van der Waals surface area (Å²) in [5.74, 6) is -0.506. The lowest BCUT2D eigenvalue weighted by Gasteiger charge is -2.13. The van der Waals surface area contributed by atoms with Gasteiger partial charge in [0, 0.05) is 30.2 Å². The molecule has 0 radical (unpaired) electrons. The first-order chi connectivity index (χ1) is 12.9. The van der Waals surface area contributed by atoms with Crippen LogP contribution >= 0.6 is 11.6 Å². The maximum absolute atomic E-state index is 12.9. The standard InChI is InChI=1S/C18H19ClN6O2/c1-11(8-20)22-17(26)15-7-16(12-3-5-13(19)6-4-12)23-25(18(15)27)14-9-21-24(2)10-14/h3-7,9-11H,8,20H2,1-2H3,(H,22,26). The number of halogens is 1. The van der Waals surface area contributed by atoms with Crippen molar-refractivity contribution < 1.29 is 4.79 Å². The predicted molar refractivity (Wildman–Crippen MR) is 103 cm³/mol. The molecule has 0 saturated carbocycles. The summed E-state index contributed by atoms with van der Waals surface area (Å²) in [6.45, 7) is 2.02. The molecule has 2 heterocycles. The average molecular weight is 387 g/mol. The molecule has 3 aromatic rings. The number of hydrogen-bond acceptors (Lipinski definition) is 5. The number of nitrogens with two attached hydrogens (primary N) is 1. The molecule has 0 saturated heterocycles. The number of benzene rings is 1. The first-order valence-electron chi connectivity index (χ1n) is 8.29. The molecule has 3 N–H and O–H groups in total. The van der Waals surface area contributed by atoms with E-state index in [9.17, 15) is 9.59 Å². The highest BCUT2D eigenvalue weighted by atomic mass is 35.5. The van der Waals surface area contributed by atoms with Crippen molar-refractivity contribution in [2.45, 2.75) is 13.0 Å². The quantitative estimate of drug-likeness (QED) is 0.688. The van der Waals surface area contributed by atoms with Gasteiger partial charge in [0.15, 0.2) is 0 Å². The van der Waals surface area contributed by atoms with Gasteiger partial charge in [-0.1, -0.05) is 23.7 Å². The number of rotatable bonds is 5. The minimum Gasteiger partial charge on any atom is -0.348 e. The van der Waals surface area contributed by atoms with Gasteiger partial charge in [0.25, 0.3) is 11.5 Å². The summed E-state index contributed by atoms with van der Waals surface area (Å²) in [5.41, 5.74) is 6.63. The molecule has 0 spiro atoms. The van der Waals surface area contributed by atoms with Crippen LogP contribution in [0.5, 0.6) is 0 Å². The van der Waals surface area contributed by atoms with E-state index in [-0.39, 0.29) is 18.2 Å². The molecule has 8 nitrogen and oxygen atoms in total. The minimum atomic E-state index is -0.539. The van der Waals surface area contributed by atoms with Crippen LogP contribution in [0.1, 0.15) is 17.3 Å². The Balaban J connectivity index is 2.17. The van der Waals surface area contributed by atoms with E-state index in [2.05, 4.69) is 15.5 Å². The molecule has 2 aromatic heterocycles. The highest BCUT2D eigenvalue weighted by Gasteiger charge is 2.19. The first-order valence-corrected chi connectivity index (χ1v) is 8.67. The number of amides is 1. The summed E-state index contributed by atoms with van der Waals surface area (Å²) < 4.78 is 2.72. The van der Waals surface area contributed by atoms with Crippen LogP contribution in [0, 0.1) is 0 Å². The maximum atomic E-state index is 12.9. The van der Waals surface area contributed by atoms with Crippen molar-refractivity contribution in [1.82, 2.24) is 24.9 Å². The lowest BCUT2D eigenvalue weighted by atomic mass is 10.1. The van der Waals surface area contributed by atoms with Crippen LogP contribution < -0.4 is 16.6 Å². The monoisotopic (exact) mass is 386 g/mol. The van der Waals surface area contributed by atoms with Crippen LogP contribution in [-0.2, 0) is 7.05 Å². The molecule has 3 rings (SSSR count). The fraction of sp³-hybridized carbons (Fsp3) is 0.222. The van der Waals surface area contributed by atoms with E-state index in [1.54, 1.807) is 49.1 Å². The first kappa shape index (κ1) is 18.8. The van der Waals surface area contributed by atoms with Gasteiger partial charge in [-0.2, -0.15) is 14.9 Å². The van der Waals surface area contributed by atoms with E-state index in [4.69, 9.17) is 17.3 Å². The molecule has 9 heteroatoms. The van der Waals surface area contributed by atoms with Gasteiger partial charge >= 0.3 is 0 Å². The van der Waals surface area contributed by atoms with Gasteiger partial charge in [0.1, 0.15) is 11.3 Å². The van der Waals surface area contributed by atoms with Crippen molar-refractivity contribution in [2.75, 3.05) is 6.54 Å². The van der Waals surface area contributed by atoms with E-state index in [1.807, 2.05) is 0 Å². The maximum Gasteiger partial charge on any atom is 0.284 e. The molecule has 0 aliphatic carbocycles. The number of hydrogen-bond donors (Lipinski definition) is 2. The lowest BCUT2D eigenvalue weighted by molar-refractivity contribution is 0.0939. The van der Waals surface area contributed by atoms with Crippen molar-refractivity contribution in [3.8, 4) is 16.9 Å². The van der Waals surface area contributed by atoms with Gasteiger partial charge in [0.05, 0.1) is 18.1 Å². The third kappa shape index (κ3) is 4.07. The van der Waals surface area contributed by atoms with E-state index in [0.29, 0.717) is 16.4 Å². The number of carbonyl (C=O) groups is 1. The summed E-state index contributed by atoms with van der Waals surface area (Å²) in [6, 6.07) is 8.18. The fourth-order valence-electron chi connectivity index (χ4n) is 2.47. The van der Waals surface area contributed by atoms with E-state index in [0.717, 1.165) is 5.56 Å². The zero-order chi connectivity index (χ0) is 19.6. The van der Waals surface area contributed by atoms with Crippen LogP contribution in [0.4, 0.5) is 0 Å². The lowest BCUT2D eigenvalue weighted by Crippen LogP contribution is -2.41. The van der Waals surface area contributed by atoms with Crippen LogP contribution in [0.2, 0.25) is 5.02 Å². The van der Waals surface area contributed by atoms with E-state index in [1.165, 1.54) is 16.9 Å². The Bertz CT molecular complexity index is 1030. The molecule has 1 aromatic carbocycles. The molecule has 140 valence electrons. The SMILES string of the molecule is CC(CN)NC(=O)c1cc(-c2ccc(Cl)cc2)nn(-c2cnn(C)c2)c1=O. The molecular formula is C18H19ClN6O2. The van der Waals surface area contributed by atoms with Crippen molar-refractivity contribution in [2.24, 2.45) is 12.8 Å². The molecule has 0 fully saturated rings. The number of aromatic nitrogens is 4. The number of aryl methyl sites for hydroxylation is 1. The van der Waals surface area contributed by atoms with Crippen LogP contribution in [0.15, 0.2) is 47.5 Å². The third-order valence-corrected chi connectivity index (χ3v) is 4.22. The third-order valence-electron chi connectivity index (χ3n) is 3.96. The molecule has 1 amide bonds. The molecule has 1 atom stereocenters. The second-order valence-electron chi connectivity index (χ2n) is 6.15. The summed E-state index contributed by atoms with van der Waals surface area (Å²) in [7, 11) is 1.73. The summed E-state index contributed by atoms with van der Waals surface area (Å²) in [4.78, 5) is 25.5. The fourth-order valence-corrected chi connectivity index (χ4v) is 2.60. The Morgan fingerprint density at radius 1 is 1.33 bits per heavy atom. The minimum absolute atomic E-state index is 0.0286. The van der Waals surface area contributed by atoms with Crippen LogP contribution in [0.25, 0.3) is 16.9 Å². The normalized spacial score (nSPS) is 12.0. The highest BCUT2D eigenvalue weighted by Crippen LogP contribution is 2.20. The Hall–Kier alpha value is -2.97.